The van der Waals surface area contributed by atoms with Crippen LogP contribution >= 0.6 is 0 Å². The minimum atomic E-state index is -1.61. The molecule has 0 amide bonds. The molecular weight excluding hydrogens is 236 g/mol. The largest absolute Gasteiger partial charge is 0.409 e. The van der Waals surface area contributed by atoms with Crippen molar-refractivity contribution in [2.24, 2.45) is 0 Å². The van der Waals surface area contributed by atoms with Crippen LogP contribution in [0.1, 0.15) is 55.7 Å². The third-order valence-corrected chi connectivity index (χ3v) is 7.02. The minimum Gasteiger partial charge on any atom is -0.409 e. The zero-order valence-corrected chi connectivity index (χ0v) is 13.5. The van der Waals surface area contributed by atoms with E-state index in [-0.39, 0.29) is 0 Å². The van der Waals surface area contributed by atoms with Crippen molar-refractivity contribution in [3.05, 3.63) is 28.8 Å². The van der Waals surface area contributed by atoms with Crippen LogP contribution in [0.2, 0.25) is 13.1 Å². The van der Waals surface area contributed by atoms with Crippen LogP contribution in [0.15, 0.2) is 12.1 Å². The first-order chi connectivity index (χ1) is 8.47. The highest BCUT2D eigenvalue weighted by Crippen LogP contribution is 2.31. The Labute approximate surface area is 113 Å². The molecule has 1 aliphatic heterocycles. The Kier molecular flexibility index (Phi) is 3.98. The van der Waals surface area contributed by atoms with Gasteiger partial charge < -0.3 is 4.43 Å². The van der Waals surface area contributed by atoms with Crippen molar-refractivity contribution in [3.8, 4) is 0 Å². The van der Waals surface area contributed by atoms with E-state index in [1.54, 1.807) is 10.8 Å². The Morgan fingerprint density at radius 3 is 2.72 bits per heavy atom. The van der Waals surface area contributed by atoms with E-state index in [1.807, 2.05) is 0 Å². The Hall–Kier alpha value is -0.603. The molecular formula is C16H26OSi. The summed E-state index contributed by atoms with van der Waals surface area (Å²) in [5, 5.41) is 1.57. The molecule has 0 spiro atoms. The molecule has 0 fully saturated rings. The van der Waals surface area contributed by atoms with Crippen LogP contribution in [0.25, 0.3) is 0 Å². The molecule has 0 saturated heterocycles. The van der Waals surface area contributed by atoms with Crippen LogP contribution in [0.5, 0.6) is 0 Å². The first kappa shape index (κ1) is 13.8. The van der Waals surface area contributed by atoms with Gasteiger partial charge in [0.05, 0.1) is 6.61 Å². The molecule has 1 heterocycles. The predicted molar refractivity (Wildman–Crippen MR) is 81.0 cm³/mol. The second kappa shape index (κ2) is 5.18. The maximum Gasteiger partial charge on any atom is 0.219 e. The van der Waals surface area contributed by atoms with Gasteiger partial charge in [0.25, 0.3) is 0 Å². The molecule has 1 aliphatic rings. The maximum atomic E-state index is 6.13. The number of hydrogen-bond donors (Lipinski definition) is 0. The lowest BCUT2D eigenvalue weighted by Crippen LogP contribution is -2.41. The average Bonchev–Trinajstić information content (AvgIpc) is 2.64. The number of unbranched alkanes of at least 4 members (excludes halogenated alkanes) is 1. The van der Waals surface area contributed by atoms with Crippen molar-refractivity contribution in [2.75, 3.05) is 0 Å². The Bertz CT molecular complexity index is 437. The quantitative estimate of drug-likeness (QED) is 0.738. The van der Waals surface area contributed by atoms with Crippen LogP contribution < -0.4 is 5.19 Å². The van der Waals surface area contributed by atoms with E-state index in [1.165, 1.54) is 30.4 Å². The van der Waals surface area contributed by atoms with Crippen LogP contribution in [0.3, 0.4) is 0 Å². The van der Waals surface area contributed by atoms with Crippen molar-refractivity contribution in [1.82, 2.24) is 0 Å². The molecule has 2 rings (SSSR count). The van der Waals surface area contributed by atoms with Gasteiger partial charge in [-0.1, -0.05) is 38.8 Å². The van der Waals surface area contributed by atoms with Crippen molar-refractivity contribution in [3.63, 3.8) is 0 Å². The highest BCUT2D eigenvalue weighted by molar-refractivity contribution is 6.85. The van der Waals surface area contributed by atoms with Crippen molar-refractivity contribution < 1.29 is 4.43 Å². The number of benzene rings is 1. The van der Waals surface area contributed by atoms with Crippen molar-refractivity contribution in [2.45, 2.75) is 65.7 Å². The second-order valence-corrected chi connectivity index (χ2v) is 9.98. The molecule has 1 aromatic carbocycles. The highest BCUT2D eigenvalue weighted by atomic mass is 28.4. The monoisotopic (exact) mass is 262 g/mol. The fourth-order valence-corrected chi connectivity index (χ4v) is 5.85. The zero-order chi connectivity index (χ0) is 13.3. The summed E-state index contributed by atoms with van der Waals surface area (Å²) in [7, 11) is -1.61. The summed E-state index contributed by atoms with van der Waals surface area (Å²) in [6, 6.07) is 4.65. The van der Waals surface area contributed by atoms with E-state index in [0.29, 0.717) is 5.92 Å². The molecule has 0 saturated carbocycles. The summed E-state index contributed by atoms with van der Waals surface area (Å²) in [5.74, 6) is 0.672. The van der Waals surface area contributed by atoms with E-state index in [9.17, 15) is 0 Å². The van der Waals surface area contributed by atoms with E-state index < -0.39 is 8.32 Å². The molecule has 2 heteroatoms. The summed E-state index contributed by atoms with van der Waals surface area (Å²) >= 11 is 0. The van der Waals surface area contributed by atoms with Gasteiger partial charge in [0.2, 0.25) is 8.32 Å². The standard InChI is InChI=1S/C16H26OSi/c1-6-7-8-12(2)14-10-9-13(3)16-15(14)11-17-18(16,4)5/h9-10,12H,6-8,11H2,1-5H3. The van der Waals surface area contributed by atoms with Crippen molar-refractivity contribution >= 4 is 13.5 Å². The minimum absolute atomic E-state index is 0.672. The SMILES string of the molecule is CCCCC(C)c1ccc(C)c2c1CO[Si]2(C)C. The molecule has 18 heavy (non-hydrogen) atoms. The molecule has 0 aromatic heterocycles. The van der Waals surface area contributed by atoms with Crippen molar-refractivity contribution in [1.29, 1.82) is 0 Å². The lowest BCUT2D eigenvalue weighted by molar-refractivity contribution is 0.318. The fourth-order valence-electron chi connectivity index (χ4n) is 3.23. The molecule has 0 bridgehead atoms. The summed E-state index contributed by atoms with van der Waals surface area (Å²) in [6.07, 6.45) is 3.91. The van der Waals surface area contributed by atoms with Crippen LogP contribution in [0, 0.1) is 6.92 Å². The van der Waals surface area contributed by atoms with Gasteiger partial charge in [0.1, 0.15) is 0 Å². The molecule has 1 aromatic rings. The first-order valence-electron chi connectivity index (χ1n) is 7.24. The summed E-state index contributed by atoms with van der Waals surface area (Å²) in [4.78, 5) is 0. The lowest BCUT2D eigenvalue weighted by atomic mass is 9.90. The third kappa shape index (κ3) is 2.41. The van der Waals surface area contributed by atoms with Gasteiger partial charge in [-0.2, -0.15) is 0 Å². The summed E-state index contributed by atoms with van der Waals surface area (Å²) < 4.78 is 6.13. The maximum absolute atomic E-state index is 6.13. The van der Waals surface area contributed by atoms with Crippen LogP contribution in [-0.2, 0) is 11.0 Å². The van der Waals surface area contributed by atoms with Crippen LogP contribution in [0.4, 0.5) is 0 Å². The first-order valence-corrected chi connectivity index (χ1v) is 10.1. The molecule has 1 atom stereocenters. The third-order valence-electron chi connectivity index (χ3n) is 4.26. The van der Waals surface area contributed by atoms with Crippen LogP contribution in [-0.4, -0.2) is 8.32 Å². The van der Waals surface area contributed by atoms with E-state index >= 15 is 0 Å². The van der Waals surface area contributed by atoms with Gasteiger partial charge in [0.15, 0.2) is 0 Å². The smallest absolute Gasteiger partial charge is 0.219 e. The number of aryl methyl sites for hydroxylation is 1. The molecule has 0 aliphatic carbocycles. The summed E-state index contributed by atoms with van der Waals surface area (Å²) in [6.45, 7) is 12.4. The summed E-state index contributed by atoms with van der Waals surface area (Å²) in [5.41, 5.74) is 4.50. The number of hydrogen-bond acceptors (Lipinski definition) is 1. The number of fused-ring (bicyclic) bond motifs is 1. The molecule has 100 valence electrons. The van der Waals surface area contributed by atoms with E-state index in [0.717, 1.165) is 6.61 Å². The Balaban J connectivity index is 2.38. The number of rotatable bonds is 4. The topological polar surface area (TPSA) is 9.23 Å². The molecule has 0 radical (unpaired) electrons. The molecule has 0 N–H and O–H groups in total. The zero-order valence-electron chi connectivity index (χ0n) is 12.5. The van der Waals surface area contributed by atoms with Gasteiger partial charge in [-0.3, -0.25) is 0 Å². The van der Waals surface area contributed by atoms with Gasteiger partial charge in [-0.25, -0.2) is 0 Å². The molecule has 1 nitrogen and oxygen atoms in total. The Morgan fingerprint density at radius 1 is 1.33 bits per heavy atom. The fraction of sp³-hybridized carbons (Fsp3) is 0.625. The lowest BCUT2D eigenvalue weighted by Gasteiger charge is -2.20. The second-order valence-electron chi connectivity index (χ2n) is 6.17. The normalized spacial score (nSPS) is 18.7. The van der Waals surface area contributed by atoms with Gasteiger partial charge in [-0.05, 0) is 54.2 Å². The average molecular weight is 262 g/mol. The Morgan fingerprint density at radius 2 is 2.06 bits per heavy atom. The molecule has 1 unspecified atom stereocenters. The van der Waals surface area contributed by atoms with E-state index in [2.05, 4.69) is 46.0 Å². The predicted octanol–water partition coefficient (Wildman–Crippen LogP) is 4.23. The highest BCUT2D eigenvalue weighted by Gasteiger charge is 2.37. The van der Waals surface area contributed by atoms with E-state index in [4.69, 9.17) is 4.43 Å². The van der Waals surface area contributed by atoms with Gasteiger partial charge >= 0.3 is 0 Å². The van der Waals surface area contributed by atoms with Gasteiger partial charge in [0, 0.05) is 0 Å². The van der Waals surface area contributed by atoms with Gasteiger partial charge in [-0.15, -0.1) is 0 Å².